The van der Waals surface area contributed by atoms with Crippen molar-refractivity contribution in [3.8, 4) is 0 Å². The van der Waals surface area contributed by atoms with Gasteiger partial charge in [0.1, 0.15) is 6.61 Å². The maximum Gasteiger partial charge on any atom is 0.306 e. The molecule has 5 nitrogen and oxygen atoms in total. The molecule has 0 saturated heterocycles. The minimum absolute atomic E-state index is 0.0968. The van der Waals surface area contributed by atoms with E-state index in [0.717, 1.165) is 32.1 Å². The molecule has 0 aliphatic carbocycles. The lowest BCUT2D eigenvalue weighted by Crippen LogP contribution is -2.30. The van der Waals surface area contributed by atoms with Gasteiger partial charge in [-0.25, -0.2) is 0 Å². The highest BCUT2D eigenvalue weighted by molar-refractivity contribution is 5.70. The number of hydrogen-bond donors (Lipinski definition) is 0. The number of hydrogen-bond acceptors (Lipinski definition) is 5. The first-order valence-electron chi connectivity index (χ1n) is 24.6. The summed E-state index contributed by atoms with van der Waals surface area (Å²) in [6.07, 6.45) is 49.6. The van der Waals surface area contributed by atoms with Crippen molar-refractivity contribution in [2.75, 3.05) is 19.8 Å². The Hall–Kier alpha value is -1.10. The summed E-state index contributed by atoms with van der Waals surface area (Å²) < 4.78 is 17.3. The van der Waals surface area contributed by atoms with Gasteiger partial charge in [0.25, 0.3) is 0 Å². The van der Waals surface area contributed by atoms with Crippen LogP contribution in [-0.2, 0) is 23.8 Å². The fourth-order valence-electron chi connectivity index (χ4n) is 7.45. The van der Waals surface area contributed by atoms with Crippen molar-refractivity contribution in [1.29, 1.82) is 0 Å². The van der Waals surface area contributed by atoms with Crippen LogP contribution < -0.4 is 0 Å². The van der Waals surface area contributed by atoms with Crippen molar-refractivity contribution in [3.05, 3.63) is 0 Å². The van der Waals surface area contributed by atoms with E-state index in [1.54, 1.807) is 0 Å². The van der Waals surface area contributed by atoms with Crippen LogP contribution >= 0.6 is 0 Å². The molecule has 0 radical (unpaired) electrons. The lowest BCUT2D eigenvalue weighted by molar-refractivity contribution is -0.163. The molecular weight excluding hydrogens is 669 g/mol. The predicted molar refractivity (Wildman–Crippen MR) is 233 cm³/mol. The first kappa shape index (κ1) is 52.9. The third-order valence-electron chi connectivity index (χ3n) is 11.1. The van der Waals surface area contributed by atoms with E-state index in [2.05, 4.69) is 20.8 Å². The van der Waals surface area contributed by atoms with Gasteiger partial charge in [0.15, 0.2) is 6.10 Å². The van der Waals surface area contributed by atoms with Gasteiger partial charge < -0.3 is 14.2 Å². The van der Waals surface area contributed by atoms with Gasteiger partial charge in [-0.2, -0.15) is 0 Å². The Balaban J connectivity index is 4.11. The molecule has 0 fully saturated rings. The second-order valence-corrected chi connectivity index (χ2v) is 16.7. The van der Waals surface area contributed by atoms with Crippen LogP contribution in [0.5, 0.6) is 0 Å². The molecule has 0 aromatic rings. The molecule has 322 valence electrons. The highest BCUT2D eigenvalue weighted by Crippen LogP contribution is 2.16. The molecule has 0 spiro atoms. The van der Waals surface area contributed by atoms with E-state index >= 15 is 0 Å². The topological polar surface area (TPSA) is 61.8 Å². The molecule has 5 heteroatoms. The Morgan fingerprint density at radius 3 is 0.944 bits per heavy atom. The number of ether oxygens (including phenoxy) is 3. The molecular formula is C49H96O5. The Morgan fingerprint density at radius 2 is 0.611 bits per heavy atom. The molecule has 1 unspecified atom stereocenters. The fourth-order valence-corrected chi connectivity index (χ4v) is 7.45. The molecule has 0 aromatic carbocycles. The molecule has 0 N–H and O–H groups in total. The Kier molecular flexibility index (Phi) is 45.3. The van der Waals surface area contributed by atoms with Gasteiger partial charge in [0.05, 0.1) is 6.61 Å². The lowest BCUT2D eigenvalue weighted by atomic mass is 10.0. The SMILES string of the molecule is CCCCCCCCCCCCCCCCCC(=O)OCC(COCCCCCCCCCC)OC(=O)CCCCCCCCCCCCCCCCC. The Labute approximate surface area is 338 Å². The zero-order chi connectivity index (χ0) is 39.3. The number of rotatable bonds is 46. The number of esters is 2. The van der Waals surface area contributed by atoms with Crippen LogP contribution in [-0.4, -0.2) is 37.9 Å². The van der Waals surface area contributed by atoms with Gasteiger partial charge in [-0.15, -0.1) is 0 Å². The van der Waals surface area contributed by atoms with Crippen molar-refractivity contribution in [3.63, 3.8) is 0 Å². The number of carbonyl (C=O) groups excluding carboxylic acids is 2. The molecule has 1 atom stereocenters. The standard InChI is InChI=1S/C49H96O5/c1-4-7-10-13-16-19-21-23-25-27-29-31-33-36-39-42-48(50)53-46-47(45-52-44-41-38-35-18-15-12-9-6-3)54-49(51)43-40-37-34-32-30-28-26-24-22-20-17-14-11-8-5-2/h47H,4-46H2,1-3H3. The van der Waals surface area contributed by atoms with Crippen molar-refractivity contribution < 1.29 is 23.8 Å². The number of unbranched alkanes of at least 4 members (excludes halogenated alkanes) is 35. The van der Waals surface area contributed by atoms with Crippen LogP contribution in [0.2, 0.25) is 0 Å². The summed E-state index contributed by atoms with van der Waals surface area (Å²) in [6, 6.07) is 0. The van der Waals surface area contributed by atoms with E-state index in [1.165, 1.54) is 212 Å². The summed E-state index contributed by atoms with van der Waals surface area (Å²) in [4.78, 5) is 25.3. The third kappa shape index (κ3) is 43.6. The Bertz CT molecular complexity index is 740. The number of carbonyl (C=O) groups is 2. The van der Waals surface area contributed by atoms with E-state index < -0.39 is 6.10 Å². The van der Waals surface area contributed by atoms with Gasteiger partial charge in [-0.1, -0.05) is 245 Å². The van der Waals surface area contributed by atoms with Crippen molar-refractivity contribution in [1.82, 2.24) is 0 Å². The van der Waals surface area contributed by atoms with Crippen LogP contribution in [0, 0.1) is 0 Å². The summed E-state index contributed by atoms with van der Waals surface area (Å²) in [5.41, 5.74) is 0. The minimum Gasteiger partial charge on any atom is -0.462 e. The first-order valence-corrected chi connectivity index (χ1v) is 24.6. The zero-order valence-electron chi connectivity index (χ0n) is 37.0. The zero-order valence-corrected chi connectivity index (χ0v) is 37.0. The molecule has 0 aliphatic heterocycles. The van der Waals surface area contributed by atoms with Crippen LogP contribution in [0.3, 0.4) is 0 Å². The monoisotopic (exact) mass is 765 g/mol. The highest BCUT2D eigenvalue weighted by atomic mass is 16.6. The summed E-state index contributed by atoms with van der Waals surface area (Å²) >= 11 is 0. The fraction of sp³-hybridized carbons (Fsp3) is 0.959. The summed E-state index contributed by atoms with van der Waals surface area (Å²) in [7, 11) is 0. The predicted octanol–water partition coefficient (Wildman–Crippen LogP) is 16.1. The van der Waals surface area contributed by atoms with E-state index in [0.29, 0.717) is 26.1 Å². The average Bonchev–Trinajstić information content (AvgIpc) is 3.17. The molecule has 0 bridgehead atoms. The molecule has 0 rings (SSSR count). The molecule has 0 saturated carbocycles. The van der Waals surface area contributed by atoms with Crippen LogP contribution in [0.1, 0.15) is 278 Å². The van der Waals surface area contributed by atoms with Crippen molar-refractivity contribution >= 4 is 11.9 Å². The molecule has 0 aromatic heterocycles. The molecule has 0 aliphatic rings. The van der Waals surface area contributed by atoms with E-state index in [9.17, 15) is 9.59 Å². The minimum atomic E-state index is -0.520. The summed E-state index contributed by atoms with van der Waals surface area (Å²) in [5, 5.41) is 0. The van der Waals surface area contributed by atoms with Gasteiger partial charge in [-0.3, -0.25) is 9.59 Å². The van der Waals surface area contributed by atoms with Crippen LogP contribution in [0.4, 0.5) is 0 Å². The normalized spacial score (nSPS) is 12.0. The van der Waals surface area contributed by atoms with Gasteiger partial charge in [0.2, 0.25) is 0 Å². The molecule has 0 heterocycles. The van der Waals surface area contributed by atoms with Crippen LogP contribution in [0.25, 0.3) is 0 Å². The first-order chi connectivity index (χ1) is 26.6. The largest absolute Gasteiger partial charge is 0.462 e. The maximum absolute atomic E-state index is 12.7. The van der Waals surface area contributed by atoms with Crippen molar-refractivity contribution in [2.24, 2.45) is 0 Å². The lowest BCUT2D eigenvalue weighted by Gasteiger charge is -2.18. The van der Waals surface area contributed by atoms with E-state index in [-0.39, 0.29) is 18.5 Å². The summed E-state index contributed by atoms with van der Waals surface area (Å²) in [6.45, 7) is 7.88. The summed E-state index contributed by atoms with van der Waals surface area (Å²) in [5.74, 6) is -0.375. The molecule has 54 heavy (non-hydrogen) atoms. The maximum atomic E-state index is 12.7. The highest BCUT2D eigenvalue weighted by Gasteiger charge is 2.17. The third-order valence-corrected chi connectivity index (χ3v) is 11.1. The smallest absolute Gasteiger partial charge is 0.306 e. The molecule has 0 amide bonds. The van der Waals surface area contributed by atoms with Gasteiger partial charge in [0, 0.05) is 19.4 Å². The second kappa shape index (κ2) is 46.3. The van der Waals surface area contributed by atoms with Crippen molar-refractivity contribution in [2.45, 2.75) is 284 Å². The Morgan fingerprint density at radius 1 is 0.333 bits per heavy atom. The quantitative estimate of drug-likeness (QED) is 0.0456. The van der Waals surface area contributed by atoms with Crippen LogP contribution in [0.15, 0.2) is 0 Å². The average molecular weight is 765 g/mol. The van der Waals surface area contributed by atoms with Gasteiger partial charge in [-0.05, 0) is 19.3 Å². The van der Waals surface area contributed by atoms with E-state index in [4.69, 9.17) is 14.2 Å². The van der Waals surface area contributed by atoms with E-state index in [1.807, 2.05) is 0 Å². The second-order valence-electron chi connectivity index (χ2n) is 16.7. The van der Waals surface area contributed by atoms with Gasteiger partial charge >= 0.3 is 11.9 Å².